The van der Waals surface area contributed by atoms with Crippen LogP contribution >= 0.6 is 0 Å². The quantitative estimate of drug-likeness (QED) is 0.412. The van der Waals surface area contributed by atoms with Gasteiger partial charge in [0.25, 0.3) is 0 Å². The number of ether oxygens (including phenoxy) is 4. The standard InChI is InChI=1S/C26H28O8/c1-3-21(27)14-33-25(29)17-4-6-18(7-5-17)26(30)34-16-22(28)15-32-24-11-9-19-12-23(31-2)10-8-20(19)13-24/h4-13,21-22,27-28H,3,14-16H2,1-2H3. The van der Waals surface area contributed by atoms with Gasteiger partial charge in [-0.25, -0.2) is 9.59 Å². The smallest absolute Gasteiger partial charge is 0.338 e. The SMILES string of the molecule is CCC(O)COC(=O)c1ccc(C(=O)OCC(O)COc2ccc3cc(OC)ccc3c2)cc1. The summed E-state index contributed by atoms with van der Waals surface area (Å²) in [6.45, 7) is 1.39. The fourth-order valence-corrected chi connectivity index (χ4v) is 3.03. The summed E-state index contributed by atoms with van der Waals surface area (Å²) in [5.41, 5.74) is 0.477. The van der Waals surface area contributed by atoms with E-state index in [1.54, 1.807) is 20.1 Å². The fourth-order valence-electron chi connectivity index (χ4n) is 3.03. The first-order valence-electron chi connectivity index (χ1n) is 10.9. The summed E-state index contributed by atoms with van der Waals surface area (Å²) >= 11 is 0. The van der Waals surface area contributed by atoms with Crippen LogP contribution in [0.4, 0.5) is 0 Å². The van der Waals surface area contributed by atoms with E-state index in [0.717, 1.165) is 16.5 Å². The molecule has 2 unspecified atom stereocenters. The summed E-state index contributed by atoms with van der Waals surface area (Å²) in [5, 5.41) is 21.6. The maximum Gasteiger partial charge on any atom is 0.338 e. The molecule has 0 heterocycles. The zero-order valence-electron chi connectivity index (χ0n) is 19.1. The monoisotopic (exact) mass is 468 g/mol. The first-order chi connectivity index (χ1) is 16.4. The third-order valence-electron chi connectivity index (χ3n) is 5.10. The molecule has 0 bridgehead atoms. The molecule has 3 rings (SSSR count). The molecule has 0 aliphatic rings. The molecule has 0 saturated heterocycles. The predicted molar refractivity (Wildman–Crippen MR) is 125 cm³/mol. The van der Waals surface area contributed by atoms with Gasteiger partial charge in [-0.15, -0.1) is 0 Å². The van der Waals surface area contributed by atoms with Crippen molar-refractivity contribution in [2.75, 3.05) is 26.9 Å². The van der Waals surface area contributed by atoms with Crippen LogP contribution in [0.15, 0.2) is 60.7 Å². The minimum Gasteiger partial charge on any atom is -0.497 e. The van der Waals surface area contributed by atoms with E-state index in [2.05, 4.69) is 0 Å². The van der Waals surface area contributed by atoms with Gasteiger partial charge in [0, 0.05) is 0 Å². The number of aliphatic hydroxyl groups is 2. The summed E-state index contributed by atoms with van der Waals surface area (Å²) in [6.07, 6.45) is -1.25. The highest BCUT2D eigenvalue weighted by Gasteiger charge is 2.14. The minimum absolute atomic E-state index is 0.0523. The second-order valence-electron chi connectivity index (χ2n) is 7.68. The lowest BCUT2D eigenvalue weighted by atomic mass is 10.1. The Bertz CT molecular complexity index is 1110. The number of carbonyl (C=O) groups excluding carboxylic acids is 2. The van der Waals surface area contributed by atoms with E-state index in [1.807, 2.05) is 30.3 Å². The Kier molecular flexibility index (Phi) is 8.84. The molecule has 180 valence electrons. The van der Waals surface area contributed by atoms with Crippen molar-refractivity contribution < 1.29 is 38.7 Å². The fraction of sp³-hybridized carbons (Fsp3) is 0.308. The van der Waals surface area contributed by atoms with Crippen molar-refractivity contribution in [3.63, 3.8) is 0 Å². The Labute approximate surface area is 197 Å². The molecule has 2 atom stereocenters. The van der Waals surface area contributed by atoms with Crippen LogP contribution in [0.1, 0.15) is 34.1 Å². The van der Waals surface area contributed by atoms with Crippen LogP contribution in [0.2, 0.25) is 0 Å². The van der Waals surface area contributed by atoms with Crippen molar-refractivity contribution in [3.05, 3.63) is 71.8 Å². The second kappa shape index (κ2) is 12.0. The lowest BCUT2D eigenvalue weighted by Gasteiger charge is -2.13. The van der Waals surface area contributed by atoms with E-state index < -0.39 is 24.1 Å². The first-order valence-corrected chi connectivity index (χ1v) is 10.9. The van der Waals surface area contributed by atoms with E-state index in [4.69, 9.17) is 18.9 Å². The maximum atomic E-state index is 12.2. The van der Waals surface area contributed by atoms with Crippen LogP contribution in [-0.2, 0) is 9.47 Å². The van der Waals surface area contributed by atoms with Crippen molar-refractivity contribution in [3.8, 4) is 11.5 Å². The number of esters is 2. The molecule has 8 heteroatoms. The minimum atomic E-state index is -1.02. The molecular formula is C26H28O8. The van der Waals surface area contributed by atoms with Gasteiger partial charge in [0.1, 0.15) is 37.4 Å². The van der Waals surface area contributed by atoms with Crippen LogP contribution in [0.25, 0.3) is 10.8 Å². The summed E-state index contributed by atoms with van der Waals surface area (Å²) in [5.74, 6) is 0.115. The third kappa shape index (κ3) is 6.94. The lowest BCUT2D eigenvalue weighted by Crippen LogP contribution is -2.25. The second-order valence-corrected chi connectivity index (χ2v) is 7.68. The highest BCUT2D eigenvalue weighted by atomic mass is 16.6. The summed E-state index contributed by atoms with van der Waals surface area (Å²) in [6, 6.07) is 17.0. The normalized spacial score (nSPS) is 12.6. The molecule has 0 aromatic heterocycles. The average Bonchev–Trinajstić information content (AvgIpc) is 2.88. The molecule has 0 aliphatic carbocycles. The van der Waals surface area contributed by atoms with Crippen LogP contribution < -0.4 is 9.47 Å². The predicted octanol–water partition coefficient (Wildman–Crippen LogP) is 3.37. The average molecular weight is 469 g/mol. The van der Waals surface area contributed by atoms with E-state index in [-0.39, 0.29) is 30.9 Å². The van der Waals surface area contributed by atoms with Gasteiger partial charge >= 0.3 is 11.9 Å². The van der Waals surface area contributed by atoms with Gasteiger partial charge in [-0.2, -0.15) is 0 Å². The molecule has 0 amide bonds. The van der Waals surface area contributed by atoms with Gasteiger partial charge in [-0.1, -0.05) is 19.1 Å². The Morgan fingerprint density at radius 2 is 1.24 bits per heavy atom. The third-order valence-corrected chi connectivity index (χ3v) is 5.10. The van der Waals surface area contributed by atoms with Gasteiger partial charge in [0.15, 0.2) is 0 Å². The number of aliphatic hydroxyl groups excluding tert-OH is 2. The van der Waals surface area contributed by atoms with Gasteiger partial charge in [-0.3, -0.25) is 0 Å². The molecule has 0 radical (unpaired) electrons. The summed E-state index contributed by atoms with van der Waals surface area (Å²) < 4.78 is 21.0. The summed E-state index contributed by atoms with van der Waals surface area (Å²) in [4.78, 5) is 24.2. The van der Waals surface area contributed by atoms with Crippen molar-refractivity contribution in [2.24, 2.45) is 0 Å². The van der Waals surface area contributed by atoms with E-state index >= 15 is 0 Å². The number of hydrogen-bond acceptors (Lipinski definition) is 8. The molecule has 34 heavy (non-hydrogen) atoms. The highest BCUT2D eigenvalue weighted by Crippen LogP contribution is 2.25. The van der Waals surface area contributed by atoms with Crippen LogP contribution in [0.3, 0.4) is 0 Å². The van der Waals surface area contributed by atoms with Crippen molar-refractivity contribution >= 4 is 22.7 Å². The van der Waals surface area contributed by atoms with Crippen molar-refractivity contribution in [1.29, 1.82) is 0 Å². The number of rotatable bonds is 11. The van der Waals surface area contributed by atoms with Crippen molar-refractivity contribution in [2.45, 2.75) is 25.6 Å². The lowest BCUT2D eigenvalue weighted by molar-refractivity contribution is 0.0130. The number of benzene rings is 3. The van der Waals surface area contributed by atoms with Gasteiger partial charge in [0.2, 0.25) is 0 Å². The van der Waals surface area contributed by atoms with Gasteiger partial charge in [-0.05, 0) is 65.7 Å². The zero-order chi connectivity index (χ0) is 24.5. The van der Waals surface area contributed by atoms with Crippen molar-refractivity contribution in [1.82, 2.24) is 0 Å². The topological polar surface area (TPSA) is 112 Å². The molecule has 0 saturated carbocycles. The van der Waals surface area contributed by atoms with Crippen LogP contribution in [0, 0.1) is 0 Å². The maximum absolute atomic E-state index is 12.2. The number of carbonyl (C=O) groups is 2. The zero-order valence-corrected chi connectivity index (χ0v) is 19.1. The molecule has 8 nitrogen and oxygen atoms in total. The Balaban J connectivity index is 1.45. The molecule has 3 aromatic carbocycles. The molecule has 0 spiro atoms. The van der Waals surface area contributed by atoms with E-state index in [1.165, 1.54) is 24.3 Å². The van der Waals surface area contributed by atoms with Gasteiger partial charge in [0.05, 0.1) is 24.3 Å². The van der Waals surface area contributed by atoms with E-state index in [9.17, 15) is 19.8 Å². The van der Waals surface area contributed by atoms with E-state index in [0.29, 0.717) is 12.2 Å². The molecular weight excluding hydrogens is 440 g/mol. The molecule has 3 aromatic rings. The Morgan fingerprint density at radius 3 is 1.76 bits per heavy atom. The van der Waals surface area contributed by atoms with Crippen LogP contribution in [-0.4, -0.2) is 61.3 Å². The Morgan fingerprint density at radius 1 is 0.735 bits per heavy atom. The highest BCUT2D eigenvalue weighted by molar-refractivity contribution is 5.93. The summed E-state index contributed by atoms with van der Waals surface area (Å²) in [7, 11) is 1.61. The molecule has 0 aliphatic heterocycles. The van der Waals surface area contributed by atoms with Gasteiger partial charge < -0.3 is 29.2 Å². The largest absolute Gasteiger partial charge is 0.497 e. The van der Waals surface area contributed by atoms with Crippen LogP contribution in [0.5, 0.6) is 11.5 Å². The Hall–Kier alpha value is -3.62. The number of fused-ring (bicyclic) bond motifs is 1. The number of hydrogen-bond donors (Lipinski definition) is 2. The first kappa shape index (κ1) is 25.0. The molecule has 0 fully saturated rings. The number of methoxy groups -OCH3 is 1. The molecule has 2 N–H and O–H groups in total.